The first-order chi connectivity index (χ1) is 39.0. The molecule has 1 atom stereocenters. The topological polar surface area (TPSA) is 238 Å². The molecule has 0 bridgehead atoms. The number of nitrogen functional groups attached to an aromatic ring is 1. The van der Waals surface area contributed by atoms with Crippen LogP contribution in [0.4, 0.5) is 17.3 Å². The van der Waals surface area contributed by atoms with Crippen molar-refractivity contribution in [3.8, 4) is 17.4 Å². The third-order valence-corrected chi connectivity index (χ3v) is 17.3. The third kappa shape index (κ3) is 12.2. The van der Waals surface area contributed by atoms with Gasteiger partial charge < -0.3 is 40.8 Å². The molecule has 9 rings (SSSR count). The second kappa shape index (κ2) is 23.8. The average Bonchev–Trinajstić information content (AvgIpc) is 2.45. The molecule has 2 aromatic heterocycles. The fourth-order valence-corrected chi connectivity index (χ4v) is 12.0. The number of unbranched alkanes of at least 4 members (excludes halogenated alkanes) is 2. The summed E-state index contributed by atoms with van der Waals surface area (Å²) in [4.78, 5) is 44.3. The van der Waals surface area contributed by atoms with Crippen LogP contribution in [0.25, 0.3) is 11.2 Å². The molecule has 6 aromatic rings. The van der Waals surface area contributed by atoms with Crippen molar-refractivity contribution in [2.45, 2.75) is 142 Å². The monoisotopic (exact) mass is 1130 g/mol. The molecule has 0 saturated carbocycles. The summed E-state index contributed by atoms with van der Waals surface area (Å²) in [5, 5.41) is 16.9. The lowest BCUT2D eigenvalue weighted by atomic mass is 9.81. The van der Waals surface area contributed by atoms with Crippen LogP contribution in [0, 0.1) is 27.7 Å². The second-order valence-electron chi connectivity index (χ2n) is 22.9. The van der Waals surface area contributed by atoms with Crippen LogP contribution in [0.2, 0.25) is 0 Å². The summed E-state index contributed by atoms with van der Waals surface area (Å²) in [7, 11) is -4.43. The maximum atomic E-state index is 13.8. The Kier molecular flexibility index (Phi) is 17.0. The van der Waals surface area contributed by atoms with Gasteiger partial charge in [-0.3, -0.25) is 14.1 Å². The SMILES string of the molecule is Cc1ccc2c(c1)C(C)(C)C(=CC=CC=CC=CC1=[N+](CCCCCC(=O)NCc3ccc(COc4nc(N)nc5nc[nH]c45)cc3)c3ccc(S(=O)(=O)O)cc3C1(C)C)N2CCCNC(=O)C1(C)CCc2c(C)c(O)c(C)c(C)c2O1. The van der Waals surface area contributed by atoms with Gasteiger partial charge in [-0.25, -0.2) is 4.98 Å². The highest BCUT2D eigenvalue weighted by molar-refractivity contribution is 7.85. The van der Waals surface area contributed by atoms with E-state index in [-0.39, 0.29) is 34.7 Å². The number of nitrogens with one attached hydrogen (secondary N) is 3. The first-order valence-electron chi connectivity index (χ1n) is 28.1. The molecule has 18 heteroatoms. The normalized spacial score (nSPS) is 17.7. The number of hydrogen-bond donors (Lipinski definition) is 6. The van der Waals surface area contributed by atoms with Crippen molar-refractivity contribution in [3.63, 3.8) is 0 Å². The molecule has 0 saturated heterocycles. The summed E-state index contributed by atoms with van der Waals surface area (Å²) in [6.45, 7) is 20.8. The number of amides is 2. The van der Waals surface area contributed by atoms with Crippen molar-refractivity contribution < 1.29 is 41.7 Å². The highest BCUT2D eigenvalue weighted by atomic mass is 32.2. The van der Waals surface area contributed by atoms with Gasteiger partial charge in [-0.1, -0.05) is 86.2 Å². The number of aromatic hydroxyl groups is 1. The number of nitrogens with two attached hydrogens (primary N) is 1. The Bertz CT molecular complexity index is 3720. The first kappa shape index (κ1) is 58.6. The van der Waals surface area contributed by atoms with Gasteiger partial charge in [0, 0.05) is 79.0 Å². The summed E-state index contributed by atoms with van der Waals surface area (Å²) < 4.78 is 49.1. The van der Waals surface area contributed by atoms with E-state index in [0.717, 1.165) is 74.6 Å². The number of phenols is 1. The quantitative estimate of drug-likeness (QED) is 0.0170. The number of phenolic OH excluding ortho intramolecular Hbond substituents is 1. The molecule has 2 amide bonds. The lowest BCUT2D eigenvalue weighted by molar-refractivity contribution is -0.438. The maximum Gasteiger partial charge on any atom is 0.294 e. The lowest BCUT2D eigenvalue weighted by Crippen LogP contribution is -2.51. The van der Waals surface area contributed by atoms with E-state index in [1.54, 1.807) is 12.1 Å². The van der Waals surface area contributed by atoms with Crippen molar-refractivity contribution >= 4 is 56.1 Å². The molecular weight excluding hydrogens is 1050 g/mol. The summed E-state index contributed by atoms with van der Waals surface area (Å²) in [5.74, 6) is 1.22. The molecule has 3 aliphatic rings. The van der Waals surface area contributed by atoms with Crippen LogP contribution in [-0.4, -0.2) is 85.3 Å². The van der Waals surface area contributed by atoms with Gasteiger partial charge >= 0.3 is 0 Å². The van der Waals surface area contributed by atoms with E-state index in [1.165, 1.54) is 23.5 Å². The number of aromatic nitrogens is 4. The molecule has 5 heterocycles. The Balaban J connectivity index is 0.800. The van der Waals surface area contributed by atoms with E-state index in [0.29, 0.717) is 86.8 Å². The molecule has 7 N–H and O–H groups in total. The number of hydrogen-bond acceptors (Lipinski definition) is 12. The number of benzene rings is 4. The third-order valence-electron chi connectivity index (χ3n) is 16.4. The molecule has 0 fully saturated rings. The summed E-state index contributed by atoms with van der Waals surface area (Å²) in [6.07, 6.45) is 20.3. The molecule has 82 heavy (non-hydrogen) atoms. The number of nitrogens with zero attached hydrogens (tertiary/aromatic N) is 5. The van der Waals surface area contributed by atoms with Gasteiger partial charge in [-0.15, -0.1) is 0 Å². The highest BCUT2D eigenvalue weighted by Gasteiger charge is 2.45. The average molecular weight is 1130 g/mol. The number of anilines is 2. The molecule has 4 aromatic carbocycles. The van der Waals surface area contributed by atoms with Crippen LogP contribution >= 0.6 is 0 Å². The number of rotatable bonds is 21. The smallest absolute Gasteiger partial charge is 0.294 e. The van der Waals surface area contributed by atoms with Gasteiger partial charge in [0.25, 0.3) is 16.0 Å². The van der Waals surface area contributed by atoms with Gasteiger partial charge in [-0.2, -0.15) is 23.0 Å². The molecule has 430 valence electrons. The number of H-pyrrole nitrogens is 1. The van der Waals surface area contributed by atoms with E-state index in [9.17, 15) is 27.7 Å². The summed E-state index contributed by atoms with van der Waals surface area (Å²) in [5.41, 5.74) is 17.6. The number of aryl methyl sites for hydroxylation is 1. The van der Waals surface area contributed by atoms with E-state index >= 15 is 0 Å². The molecule has 0 radical (unpaired) electrons. The maximum absolute atomic E-state index is 13.8. The standard InChI is InChI=1S/C64H75N9O8S/c1-40-22-28-50-48(35-40)62(5,6)52(73(50)34-18-32-66-60(76)64(9)31-30-47-43(4)56(75)41(2)42(3)57(47)81-64)19-14-11-10-12-15-20-53-63(7,8)49-36-46(82(77,78)79)27-29-51(49)72(53)33-17-13-16-21-54(74)67-37-44-23-25-45(26-24-44)38-80-59-55-58(69-39-68-55)70-61(65)71-59/h10-12,14-15,19-20,22-29,35-36,39H,13,16-18,21,30-34,37-38H2,1-9H3,(H6-,65,66,67,68,69,70,71,74,75,76,77,78,79)/p+1. The van der Waals surface area contributed by atoms with Crippen molar-refractivity contribution in [1.29, 1.82) is 0 Å². The fraction of sp³-hybridized carbons (Fsp3) is 0.375. The Morgan fingerprint density at radius 3 is 2.37 bits per heavy atom. The molecule has 0 spiro atoms. The van der Waals surface area contributed by atoms with Gasteiger partial charge in [0.15, 0.2) is 17.0 Å². The Morgan fingerprint density at radius 2 is 1.60 bits per heavy atom. The minimum atomic E-state index is -4.43. The molecular formula is C64H76N9O8S+. The Morgan fingerprint density at radius 1 is 0.854 bits per heavy atom. The largest absolute Gasteiger partial charge is 0.507 e. The highest BCUT2D eigenvalue weighted by Crippen LogP contribution is 2.49. The zero-order valence-corrected chi connectivity index (χ0v) is 49.3. The minimum absolute atomic E-state index is 0.0332. The number of carbonyl (C=O) groups excluding carboxylic acids is 2. The zero-order valence-electron chi connectivity index (χ0n) is 48.4. The minimum Gasteiger partial charge on any atom is -0.507 e. The van der Waals surface area contributed by atoms with E-state index in [1.807, 2.05) is 76.3 Å². The zero-order chi connectivity index (χ0) is 58.7. The van der Waals surface area contributed by atoms with Crippen LogP contribution < -0.4 is 30.7 Å². The Hall–Kier alpha value is -8.09. The van der Waals surface area contributed by atoms with Crippen LogP contribution in [0.15, 0.2) is 120 Å². The molecule has 1 unspecified atom stereocenters. The van der Waals surface area contributed by atoms with Crippen LogP contribution in [0.5, 0.6) is 17.4 Å². The number of fused-ring (bicyclic) bond motifs is 4. The number of ether oxygens (including phenoxy) is 2. The van der Waals surface area contributed by atoms with Gasteiger partial charge in [0.2, 0.25) is 23.4 Å². The molecule has 17 nitrogen and oxygen atoms in total. The number of allylic oxidation sites excluding steroid dienone is 8. The van der Waals surface area contributed by atoms with E-state index in [2.05, 4.69) is 111 Å². The van der Waals surface area contributed by atoms with Gasteiger partial charge in [0.1, 0.15) is 30.2 Å². The van der Waals surface area contributed by atoms with Gasteiger partial charge in [-0.05, 0) is 132 Å². The van der Waals surface area contributed by atoms with Gasteiger partial charge in [0.05, 0.1) is 16.6 Å². The van der Waals surface area contributed by atoms with E-state index in [4.69, 9.17) is 15.2 Å². The number of aromatic amines is 1. The lowest BCUT2D eigenvalue weighted by Gasteiger charge is -2.36. The predicted molar refractivity (Wildman–Crippen MR) is 321 cm³/mol. The second-order valence-corrected chi connectivity index (χ2v) is 24.4. The van der Waals surface area contributed by atoms with Crippen molar-refractivity contribution in [2.24, 2.45) is 0 Å². The number of imidazole rings is 1. The first-order valence-corrected chi connectivity index (χ1v) is 29.5. The van der Waals surface area contributed by atoms with Crippen molar-refractivity contribution in [2.75, 3.05) is 30.3 Å². The Labute approximate surface area is 480 Å². The van der Waals surface area contributed by atoms with Crippen LogP contribution in [0.3, 0.4) is 0 Å². The van der Waals surface area contributed by atoms with E-state index < -0.39 is 21.1 Å². The fourth-order valence-electron chi connectivity index (χ4n) is 11.5. The number of carbonyl (C=O) groups is 2. The van der Waals surface area contributed by atoms with Crippen molar-refractivity contribution in [3.05, 3.63) is 165 Å². The molecule has 0 aliphatic carbocycles. The molecule has 3 aliphatic heterocycles. The summed E-state index contributed by atoms with van der Waals surface area (Å²) in [6, 6.07) is 19.1. The predicted octanol–water partition coefficient (Wildman–Crippen LogP) is 10.6. The van der Waals surface area contributed by atoms with Crippen LogP contribution in [-0.2, 0) is 50.1 Å². The van der Waals surface area contributed by atoms with Crippen LogP contribution in [0.1, 0.15) is 123 Å². The summed E-state index contributed by atoms with van der Waals surface area (Å²) >= 11 is 0. The van der Waals surface area contributed by atoms with Crippen molar-refractivity contribution in [1.82, 2.24) is 30.6 Å².